The van der Waals surface area contributed by atoms with Crippen LogP contribution in [0.3, 0.4) is 0 Å². The number of ether oxygens (including phenoxy) is 1. The van der Waals surface area contributed by atoms with E-state index in [9.17, 15) is 0 Å². The summed E-state index contributed by atoms with van der Waals surface area (Å²) < 4.78 is 10.5. The Kier molecular flexibility index (Phi) is 5.74. The van der Waals surface area contributed by atoms with Crippen LogP contribution >= 0.6 is 0 Å². The van der Waals surface area contributed by atoms with Gasteiger partial charge < -0.3 is 14.2 Å². The minimum Gasteiger partial charge on any atom is -0.383 e. The van der Waals surface area contributed by atoms with Crippen molar-refractivity contribution < 1.29 is 9.26 Å². The second-order valence-electron chi connectivity index (χ2n) is 5.66. The van der Waals surface area contributed by atoms with Crippen LogP contribution in [0.15, 0.2) is 53.2 Å². The molecule has 2 aromatic heterocycles. The molecule has 0 unspecified atom stereocenters. The third-order valence-electron chi connectivity index (χ3n) is 3.94. The van der Waals surface area contributed by atoms with Crippen molar-refractivity contribution in [2.24, 2.45) is 0 Å². The zero-order valence-corrected chi connectivity index (χ0v) is 14.6. The lowest BCUT2D eigenvalue weighted by Crippen LogP contribution is -2.27. The van der Waals surface area contributed by atoms with Gasteiger partial charge in [-0.25, -0.2) is 4.98 Å². The smallest absolute Gasteiger partial charge is 0.259 e. The van der Waals surface area contributed by atoms with Crippen molar-refractivity contribution in [3.8, 4) is 11.5 Å². The lowest BCUT2D eigenvalue weighted by molar-refractivity contribution is 0.205. The maximum atomic E-state index is 5.38. The Labute approximate surface area is 147 Å². The first-order chi connectivity index (χ1) is 12.3. The highest BCUT2D eigenvalue weighted by Gasteiger charge is 2.11. The topological polar surface area (TPSA) is 64.3 Å². The Morgan fingerprint density at radius 2 is 1.96 bits per heavy atom. The normalized spacial score (nSPS) is 10.8. The fourth-order valence-electron chi connectivity index (χ4n) is 2.56. The van der Waals surface area contributed by atoms with Crippen molar-refractivity contribution >= 4 is 5.82 Å². The Hall–Kier alpha value is -2.73. The van der Waals surface area contributed by atoms with E-state index in [0.717, 1.165) is 30.0 Å². The number of anilines is 1. The molecule has 6 heteroatoms. The van der Waals surface area contributed by atoms with Crippen molar-refractivity contribution in [3.05, 3.63) is 60.0 Å². The molecular weight excluding hydrogens is 316 g/mol. The molecule has 0 fully saturated rings. The van der Waals surface area contributed by atoms with Crippen LogP contribution in [0.1, 0.15) is 18.3 Å². The SMILES string of the molecule is CCN(CCOC)c1ccc(-c2nc(Cc3ccccc3)no2)cn1. The molecule has 0 bridgehead atoms. The number of hydrogen-bond acceptors (Lipinski definition) is 6. The number of rotatable bonds is 8. The Bertz CT molecular complexity index is 772. The minimum absolute atomic E-state index is 0.491. The molecule has 0 atom stereocenters. The predicted molar refractivity (Wildman–Crippen MR) is 96.5 cm³/mol. The molecule has 0 amide bonds. The van der Waals surface area contributed by atoms with Gasteiger partial charge >= 0.3 is 0 Å². The molecule has 0 radical (unpaired) electrons. The molecule has 0 N–H and O–H groups in total. The fraction of sp³-hybridized carbons (Fsp3) is 0.316. The summed E-state index contributed by atoms with van der Waals surface area (Å²) in [5.41, 5.74) is 1.97. The number of hydrogen-bond donors (Lipinski definition) is 0. The van der Waals surface area contributed by atoms with E-state index in [4.69, 9.17) is 9.26 Å². The molecule has 1 aromatic carbocycles. The van der Waals surface area contributed by atoms with Crippen LogP contribution in [-0.4, -0.2) is 41.9 Å². The number of pyridine rings is 1. The highest BCUT2D eigenvalue weighted by molar-refractivity contribution is 5.54. The summed E-state index contributed by atoms with van der Waals surface area (Å²) in [5, 5.41) is 4.06. The average molecular weight is 338 g/mol. The number of aromatic nitrogens is 3. The summed E-state index contributed by atoms with van der Waals surface area (Å²) in [6.07, 6.45) is 2.42. The standard InChI is InChI=1S/C19H22N4O2/c1-3-23(11-12-24-2)18-10-9-16(14-20-18)19-21-17(22-25-19)13-15-7-5-4-6-8-15/h4-10,14H,3,11-13H2,1-2H3. The third kappa shape index (κ3) is 4.42. The van der Waals surface area contributed by atoms with Crippen LogP contribution in [0.25, 0.3) is 11.5 Å². The van der Waals surface area contributed by atoms with E-state index in [1.807, 2.05) is 42.5 Å². The highest BCUT2D eigenvalue weighted by Crippen LogP contribution is 2.20. The summed E-state index contributed by atoms with van der Waals surface area (Å²) >= 11 is 0. The molecule has 130 valence electrons. The summed E-state index contributed by atoms with van der Waals surface area (Å²) in [6.45, 7) is 4.45. The molecule has 0 aliphatic rings. The van der Waals surface area contributed by atoms with Gasteiger partial charge in [-0.05, 0) is 24.6 Å². The molecule has 2 heterocycles. The fourth-order valence-corrected chi connectivity index (χ4v) is 2.56. The van der Waals surface area contributed by atoms with Crippen LogP contribution in [0.5, 0.6) is 0 Å². The molecule has 0 aliphatic heterocycles. The van der Waals surface area contributed by atoms with Crippen molar-refractivity contribution in [2.75, 3.05) is 31.7 Å². The first kappa shape index (κ1) is 17.1. The molecular formula is C19H22N4O2. The first-order valence-corrected chi connectivity index (χ1v) is 8.37. The highest BCUT2D eigenvalue weighted by atomic mass is 16.5. The Balaban J connectivity index is 1.70. The van der Waals surface area contributed by atoms with Crippen molar-refractivity contribution in [2.45, 2.75) is 13.3 Å². The van der Waals surface area contributed by atoms with Gasteiger partial charge in [0.2, 0.25) is 0 Å². The zero-order chi connectivity index (χ0) is 17.5. The number of likely N-dealkylation sites (N-methyl/N-ethyl adjacent to an activating group) is 1. The van der Waals surface area contributed by atoms with Gasteiger partial charge in [0.25, 0.3) is 5.89 Å². The van der Waals surface area contributed by atoms with E-state index in [1.165, 1.54) is 0 Å². The van der Waals surface area contributed by atoms with Gasteiger partial charge in [0.15, 0.2) is 5.82 Å². The second-order valence-corrected chi connectivity index (χ2v) is 5.66. The van der Waals surface area contributed by atoms with Gasteiger partial charge in [-0.3, -0.25) is 0 Å². The average Bonchev–Trinajstić information content (AvgIpc) is 3.12. The van der Waals surface area contributed by atoms with Crippen LogP contribution in [0.2, 0.25) is 0 Å². The molecule has 0 saturated carbocycles. The zero-order valence-electron chi connectivity index (χ0n) is 14.6. The maximum Gasteiger partial charge on any atom is 0.259 e. The molecule has 3 aromatic rings. The Morgan fingerprint density at radius 3 is 2.64 bits per heavy atom. The van der Waals surface area contributed by atoms with Gasteiger partial charge in [0, 0.05) is 32.8 Å². The number of nitrogens with zero attached hydrogens (tertiary/aromatic N) is 4. The maximum absolute atomic E-state index is 5.38. The van der Waals surface area contributed by atoms with Crippen LogP contribution in [0.4, 0.5) is 5.82 Å². The molecule has 0 saturated heterocycles. The van der Waals surface area contributed by atoms with Crippen molar-refractivity contribution in [3.63, 3.8) is 0 Å². The van der Waals surface area contributed by atoms with Gasteiger partial charge in [0.1, 0.15) is 5.82 Å². The summed E-state index contributed by atoms with van der Waals surface area (Å²) in [7, 11) is 1.70. The van der Waals surface area contributed by atoms with Gasteiger partial charge in [0.05, 0.1) is 12.2 Å². The lowest BCUT2D eigenvalue weighted by Gasteiger charge is -2.21. The molecule has 25 heavy (non-hydrogen) atoms. The lowest BCUT2D eigenvalue weighted by atomic mass is 10.1. The van der Waals surface area contributed by atoms with E-state index in [-0.39, 0.29) is 0 Å². The predicted octanol–water partition coefficient (Wildman–Crippen LogP) is 3.20. The second kappa shape index (κ2) is 8.39. The first-order valence-electron chi connectivity index (χ1n) is 8.37. The summed E-state index contributed by atoms with van der Waals surface area (Å²) in [5.74, 6) is 2.07. The molecule has 0 spiro atoms. The van der Waals surface area contributed by atoms with Gasteiger partial charge in [-0.2, -0.15) is 4.98 Å². The monoisotopic (exact) mass is 338 g/mol. The summed E-state index contributed by atoms with van der Waals surface area (Å²) in [6, 6.07) is 14.0. The Morgan fingerprint density at radius 1 is 1.12 bits per heavy atom. The van der Waals surface area contributed by atoms with E-state index in [0.29, 0.717) is 24.7 Å². The van der Waals surface area contributed by atoms with Crippen molar-refractivity contribution in [1.82, 2.24) is 15.1 Å². The van der Waals surface area contributed by atoms with Crippen molar-refractivity contribution in [1.29, 1.82) is 0 Å². The molecule has 0 aliphatic carbocycles. The van der Waals surface area contributed by atoms with Crippen LogP contribution < -0.4 is 4.90 Å². The number of benzene rings is 1. The summed E-state index contributed by atoms with van der Waals surface area (Å²) in [4.78, 5) is 11.1. The largest absolute Gasteiger partial charge is 0.383 e. The quantitative estimate of drug-likeness (QED) is 0.628. The van der Waals surface area contributed by atoms with Gasteiger partial charge in [-0.15, -0.1) is 0 Å². The number of methoxy groups -OCH3 is 1. The third-order valence-corrected chi connectivity index (χ3v) is 3.94. The van der Waals surface area contributed by atoms with E-state index in [1.54, 1.807) is 13.3 Å². The van der Waals surface area contributed by atoms with E-state index < -0.39 is 0 Å². The van der Waals surface area contributed by atoms with Crippen LogP contribution in [-0.2, 0) is 11.2 Å². The van der Waals surface area contributed by atoms with E-state index >= 15 is 0 Å². The minimum atomic E-state index is 0.491. The van der Waals surface area contributed by atoms with E-state index in [2.05, 4.69) is 26.9 Å². The molecule has 6 nitrogen and oxygen atoms in total. The molecule has 3 rings (SSSR count). The van der Waals surface area contributed by atoms with Gasteiger partial charge in [-0.1, -0.05) is 35.5 Å². The van der Waals surface area contributed by atoms with Crippen LogP contribution in [0, 0.1) is 0 Å².